The van der Waals surface area contributed by atoms with E-state index in [9.17, 15) is 4.39 Å². The quantitative estimate of drug-likeness (QED) is 0.775. The van der Waals surface area contributed by atoms with Gasteiger partial charge in [-0.15, -0.1) is 14.8 Å². The number of fused-ring (bicyclic) bond motifs is 1. The molecule has 126 valence electrons. The lowest BCUT2D eigenvalue weighted by Crippen LogP contribution is -2.42. The number of rotatable bonds is 3. The van der Waals surface area contributed by atoms with Crippen molar-refractivity contribution in [1.29, 1.82) is 5.26 Å². The second-order valence-corrected chi connectivity index (χ2v) is 5.95. The van der Waals surface area contributed by atoms with E-state index >= 15 is 0 Å². The molecule has 0 aliphatic carbocycles. The summed E-state index contributed by atoms with van der Waals surface area (Å²) in [5.41, 5.74) is 1.43. The minimum absolute atomic E-state index is 0.130. The molecule has 1 fully saturated rings. The van der Waals surface area contributed by atoms with Gasteiger partial charge in [-0.3, -0.25) is 0 Å². The fourth-order valence-corrected chi connectivity index (χ4v) is 3.08. The number of nitrogens with one attached hydrogen (secondary N) is 1. The monoisotopic (exact) mass is 338 g/mol. The van der Waals surface area contributed by atoms with Crippen molar-refractivity contribution in [3.63, 3.8) is 0 Å². The molecule has 1 unspecified atom stereocenters. The van der Waals surface area contributed by atoms with Crippen molar-refractivity contribution in [2.75, 3.05) is 23.3 Å². The molecule has 9 heteroatoms. The molecular weight excluding hydrogens is 323 g/mol. The maximum Gasteiger partial charge on any atom is 0.200 e. The third kappa shape index (κ3) is 3.06. The highest BCUT2D eigenvalue weighted by molar-refractivity contribution is 5.52. The normalized spacial score (nSPS) is 17.4. The van der Waals surface area contributed by atoms with E-state index in [1.54, 1.807) is 18.2 Å². The molecule has 1 aliphatic heterocycles. The van der Waals surface area contributed by atoms with Crippen molar-refractivity contribution in [3.05, 3.63) is 41.7 Å². The average Bonchev–Trinajstić information content (AvgIpc) is 3.09. The van der Waals surface area contributed by atoms with E-state index in [2.05, 4.69) is 25.9 Å². The van der Waals surface area contributed by atoms with Crippen molar-refractivity contribution in [2.45, 2.75) is 18.9 Å². The first kappa shape index (κ1) is 15.3. The summed E-state index contributed by atoms with van der Waals surface area (Å²) in [6, 6.07) is 10.3. The standard InChI is InChI=1S/C16H15FN8/c17-13-8-11(9-18)3-4-14(13)24-7-1-2-12(10-24)19-15-5-6-16-20-22-23-25(16)21-15/h3-6,8,12H,1-2,7,10H2,(H,19,21). The summed E-state index contributed by atoms with van der Waals surface area (Å²) >= 11 is 0. The Labute approximate surface area is 142 Å². The van der Waals surface area contributed by atoms with E-state index in [1.807, 2.05) is 17.0 Å². The number of hydrogen-bond acceptors (Lipinski definition) is 7. The predicted octanol–water partition coefficient (Wildman–Crippen LogP) is 1.61. The van der Waals surface area contributed by atoms with Gasteiger partial charge in [0.1, 0.15) is 11.6 Å². The van der Waals surface area contributed by atoms with Crippen molar-refractivity contribution in [3.8, 4) is 6.07 Å². The van der Waals surface area contributed by atoms with Gasteiger partial charge in [-0.05, 0) is 53.6 Å². The fourth-order valence-electron chi connectivity index (χ4n) is 3.08. The van der Waals surface area contributed by atoms with Crippen LogP contribution in [0, 0.1) is 17.1 Å². The minimum atomic E-state index is -0.368. The molecule has 0 bridgehead atoms. The molecule has 25 heavy (non-hydrogen) atoms. The third-order valence-corrected chi connectivity index (χ3v) is 4.26. The highest BCUT2D eigenvalue weighted by atomic mass is 19.1. The van der Waals surface area contributed by atoms with Crippen LogP contribution in [-0.2, 0) is 0 Å². The van der Waals surface area contributed by atoms with Crippen LogP contribution in [0.4, 0.5) is 15.9 Å². The first-order chi connectivity index (χ1) is 12.2. The SMILES string of the molecule is N#Cc1ccc(N2CCCC(Nc3ccc4nnnn4n3)C2)c(F)c1. The summed E-state index contributed by atoms with van der Waals surface area (Å²) in [6.45, 7) is 1.43. The lowest BCUT2D eigenvalue weighted by Gasteiger charge is -2.35. The largest absolute Gasteiger partial charge is 0.367 e. The number of nitrogens with zero attached hydrogens (tertiary/aromatic N) is 7. The predicted molar refractivity (Wildman–Crippen MR) is 88.5 cm³/mol. The highest BCUT2D eigenvalue weighted by Gasteiger charge is 2.22. The van der Waals surface area contributed by atoms with Crippen molar-refractivity contribution in [1.82, 2.24) is 25.3 Å². The molecule has 1 N–H and O–H groups in total. The third-order valence-electron chi connectivity index (χ3n) is 4.26. The lowest BCUT2D eigenvalue weighted by molar-refractivity contribution is 0.517. The lowest BCUT2D eigenvalue weighted by atomic mass is 10.0. The van der Waals surface area contributed by atoms with Crippen LogP contribution in [0.25, 0.3) is 5.65 Å². The number of aromatic nitrogens is 5. The Bertz CT molecular complexity index is 947. The number of nitriles is 1. The molecule has 0 saturated carbocycles. The average molecular weight is 338 g/mol. The molecule has 3 aromatic rings. The topological polar surface area (TPSA) is 95.0 Å². The molecule has 1 saturated heterocycles. The molecule has 2 aromatic heterocycles. The summed E-state index contributed by atoms with van der Waals surface area (Å²) in [5.74, 6) is 0.305. The van der Waals surface area contributed by atoms with Gasteiger partial charge >= 0.3 is 0 Å². The summed E-state index contributed by atoms with van der Waals surface area (Å²) < 4.78 is 15.6. The zero-order chi connectivity index (χ0) is 17.2. The summed E-state index contributed by atoms with van der Waals surface area (Å²) in [4.78, 5) is 1.99. The van der Waals surface area contributed by atoms with Gasteiger partial charge in [0, 0.05) is 19.1 Å². The van der Waals surface area contributed by atoms with Crippen LogP contribution in [0.1, 0.15) is 18.4 Å². The van der Waals surface area contributed by atoms with Crippen LogP contribution in [0.3, 0.4) is 0 Å². The number of halogens is 1. The minimum Gasteiger partial charge on any atom is -0.367 e. The van der Waals surface area contributed by atoms with E-state index in [0.29, 0.717) is 29.3 Å². The fraction of sp³-hybridized carbons (Fsp3) is 0.312. The molecule has 4 rings (SSSR count). The first-order valence-corrected chi connectivity index (χ1v) is 7.99. The van der Waals surface area contributed by atoms with Gasteiger partial charge in [0.15, 0.2) is 5.65 Å². The zero-order valence-corrected chi connectivity index (χ0v) is 13.3. The molecule has 0 amide bonds. The maximum atomic E-state index is 14.3. The Morgan fingerprint density at radius 3 is 3.04 bits per heavy atom. The molecule has 0 spiro atoms. The second-order valence-electron chi connectivity index (χ2n) is 5.95. The Kier molecular flexibility index (Phi) is 3.85. The molecule has 1 atom stereocenters. The van der Waals surface area contributed by atoms with Crippen LogP contribution in [0.5, 0.6) is 0 Å². The molecule has 0 radical (unpaired) electrons. The van der Waals surface area contributed by atoms with Gasteiger partial charge in [0.05, 0.1) is 17.3 Å². The zero-order valence-electron chi connectivity index (χ0n) is 13.3. The van der Waals surface area contributed by atoms with Gasteiger partial charge in [-0.2, -0.15) is 5.26 Å². The van der Waals surface area contributed by atoms with Crippen LogP contribution >= 0.6 is 0 Å². The summed E-state index contributed by atoms with van der Waals surface area (Å²) in [7, 11) is 0. The maximum absolute atomic E-state index is 14.3. The van der Waals surface area contributed by atoms with Gasteiger partial charge < -0.3 is 10.2 Å². The van der Waals surface area contributed by atoms with E-state index in [0.717, 1.165) is 19.4 Å². The van der Waals surface area contributed by atoms with Crippen LogP contribution < -0.4 is 10.2 Å². The molecular formula is C16H15FN8. The Morgan fingerprint density at radius 2 is 2.20 bits per heavy atom. The molecule has 1 aliphatic rings. The van der Waals surface area contributed by atoms with Crippen LogP contribution in [-0.4, -0.2) is 44.4 Å². The van der Waals surface area contributed by atoms with Crippen molar-refractivity contribution >= 4 is 17.2 Å². The second kappa shape index (κ2) is 6.32. The van der Waals surface area contributed by atoms with Crippen LogP contribution in [0.2, 0.25) is 0 Å². The van der Waals surface area contributed by atoms with Crippen molar-refractivity contribution in [2.24, 2.45) is 0 Å². The van der Waals surface area contributed by atoms with Crippen LogP contribution in [0.15, 0.2) is 30.3 Å². The smallest absolute Gasteiger partial charge is 0.200 e. The number of anilines is 2. The highest BCUT2D eigenvalue weighted by Crippen LogP contribution is 2.25. The van der Waals surface area contributed by atoms with E-state index in [-0.39, 0.29) is 11.9 Å². The molecule has 3 heterocycles. The number of benzene rings is 1. The Morgan fingerprint density at radius 1 is 1.28 bits per heavy atom. The Balaban J connectivity index is 1.50. The van der Waals surface area contributed by atoms with Gasteiger partial charge in [-0.25, -0.2) is 4.39 Å². The van der Waals surface area contributed by atoms with Gasteiger partial charge in [0.2, 0.25) is 0 Å². The summed E-state index contributed by atoms with van der Waals surface area (Å²) in [6.07, 6.45) is 1.90. The van der Waals surface area contributed by atoms with Gasteiger partial charge in [-0.1, -0.05) is 0 Å². The van der Waals surface area contributed by atoms with E-state index in [4.69, 9.17) is 5.26 Å². The number of hydrogen-bond donors (Lipinski definition) is 1. The Hall–Kier alpha value is -3.28. The van der Waals surface area contributed by atoms with E-state index in [1.165, 1.54) is 10.7 Å². The van der Waals surface area contributed by atoms with E-state index < -0.39 is 0 Å². The number of tetrazole rings is 1. The first-order valence-electron chi connectivity index (χ1n) is 7.99. The summed E-state index contributed by atoms with van der Waals surface area (Å²) in [5, 5.41) is 27.7. The van der Waals surface area contributed by atoms with Gasteiger partial charge in [0.25, 0.3) is 0 Å². The van der Waals surface area contributed by atoms with Crippen molar-refractivity contribution < 1.29 is 4.39 Å². The number of piperidine rings is 1. The molecule has 8 nitrogen and oxygen atoms in total. The molecule has 1 aromatic carbocycles.